The molecule has 2 aromatic carbocycles. The summed E-state index contributed by atoms with van der Waals surface area (Å²) in [5.74, 6) is -1.04. The van der Waals surface area contributed by atoms with Crippen molar-refractivity contribution in [1.29, 1.82) is 0 Å². The van der Waals surface area contributed by atoms with E-state index in [0.29, 0.717) is 37.1 Å². The van der Waals surface area contributed by atoms with Crippen molar-refractivity contribution < 1.29 is 19.4 Å². The summed E-state index contributed by atoms with van der Waals surface area (Å²) in [5.41, 5.74) is -0.766. The maximum Gasteiger partial charge on any atom is 0.310 e. The molecule has 0 spiro atoms. The Morgan fingerprint density at radius 3 is 2.15 bits per heavy atom. The molecule has 1 unspecified atom stereocenters. The Morgan fingerprint density at radius 1 is 1.07 bits per heavy atom. The summed E-state index contributed by atoms with van der Waals surface area (Å²) in [4.78, 5) is 27.2. The number of amides is 1. The van der Waals surface area contributed by atoms with E-state index in [2.05, 4.69) is 0 Å². The topological polar surface area (TPSA) is 66.8 Å². The van der Waals surface area contributed by atoms with Crippen LogP contribution in [0.4, 0.5) is 0 Å². The molecule has 0 bridgehead atoms. The molecule has 1 aliphatic heterocycles. The van der Waals surface area contributed by atoms with Gasteiger partial charge in [-0.3, -0.25) is 9.59 Å². The highest BCUT2D eigenvalue weighted by atomic mass is 16.5. The van der Waals surface area contributed by atoms with E-state index in [1.807, 2.05) is 12.1 Å². The van der Waals surface area contributed by atoms with Gasteiger partial charge in [-0.2, -0.15) is 0 Å². The molecule has 1 aliphatic rings. The summed E-state index contributed by atoms with van der Waals surface area (Å²) in [6.45, 7) is 2.87. The van der Waals surface area contributed by atoms with Crippen LogP contribution in [-0.2, 0) is 19.9 Å². The first-order chi connectivity index (χ1) is 13.1. The Labute approximate surface area is 159 Å². The molecule has 1 fully saturated rings. The van der Waals surface area contributed by atoms with Gasteiger partial charge >= 0.3 is 5.97 Å². The average Bonchev–Trinajstić information content (AvgIpc) is 2.74. The van der Waals surface area contributed by atoms with E-state index in [0.717, 1.165) is 0 Å². The highest BCUT2D eigenvalue weighted by Crippen LogP contribution is 2.33. The minimum Gasteiger partial charge on any atom is -0.466 e. The lowest BCUT2D eigenvalue weighted by molar-refractivity contribution is -0.156. The number of hydrogen-bond donors (Lipinski definition) is 1. The van der Waals surface area contributed by atoms with Crippen LogP contribution >= 0.6 is 0 Å². The number of carbonyl (C=O) groups excluding carboxylic acids is 2. The SMILES string of the molecule is CCOC(=O)C1CCCN(C(=O)C(O)(c2ccccc2)c2ccccc2)C1. The molecule has 0 aromatic heterocycles. The number of benzene rings is 2. The Bertz CT molecular complexity index is 736. The molecular formula is C22H25NO4. The van der Waals surface area contributed by atoms with Crippen molar-refractivity contribution in [2.24, 2.45) is 5.92 Å². The van der Waals surface area contributed by atoms with Gasteiger partial charge in [-0.15, -0.1) is 0 Å². The lowest BCUT2D eigenvalue weighted by Crippen LogP contribution is -2.52. The fraction of sp³-hybridized carbons (Fsp3) is 0.364. The molecule has 0 radical (unpaired) electrons. The van der Waals surface area contributed by atoms with Gasteiger partial charge in [0, 0.05) is 13.1 Å². The standard InChI is InChI=1S/C22H25NO4/c1-2-27-20(24)17-10-9-15-23(16-17)21(25)22(26,18-11-5-3-6-12-18)19-13-7-4-8-14-19/h3-8,11-14,17,26H,2,9-10,15-16H2,1H3. The van der Waals surface area contributed by atoms with Crippen LogP contribution in [0.5, 0.6) is 0 Å². The summed E-state index contributed by atoms with van der Waals surface area (Å²) in [5, 5.41) is 11.6. The Kier molecular flexibility index (Phi) is 5.91. The fourth-order valence-electron chi connectivity index (χ4n) is 3.62. The van der Waals surface area contributed by atoms with Gasteiger partial charge in [0.2, 0.25) is 0 Å². The number of likely N-dealkylation sites (tertiary alicyclic amines) is 1. The van der Waals surface area contributed by atoms with Crippen LogP contribution in [0.3, 0.4) is 0 Å². The van der Waals surface area contributed by atoms with Crippen LogP contribution in [0.15, 0.2) is 60.7 Å². The van der Waals surface area contributed by atoms with Crippen LogP contribution in [0.25, 0.3) is 0 Å². The predicted octanol–water partition coefficient (Wildman–Crippen LogP) is 2.72. The number of esters is 1. The zero-order valence-corrected chi connectivity index (χ0v) is 15.5. The van der Waals surface area contributed by atoms with Crippen molar-refractivity contribution in [2.45, 2.75) is 25.4 Å². The van der Waals surface area contributed by atoms with Gasteiger partial charge in [-0.05, 0) is 30.9 Å². The molecule has 3 rings (SSSR count). The predicted molar refractivity (Wildman–Crippen MR) is 102 cm³/mol. The summed E-state index contributed by atoms with van der Waals surface area (Å²) in [6, 6.07) is 17.9. The Morgan fingerprint density at radius 2 is 1.63 bits per heavy atom. The molecule has 5 nitrogen and oxygen atoms in total. The van der Waals surface area contributed by atoms with Crippen LogP contribution in [0.2, 0.25) is 0 Å². The molecular weight excluding hydrogens is 342 g/mol. The molecule has 1 saturated heterocycles. The van der Waals surface area contributed by atoms with E-state index in [1.54, 1.807) is 60.4 Å². The first-order valence-electron chi connectivity index (χ1n) is 9.36. The summed E-state index contributed by atoms with van der Waals surface area (Å²) < 4.78 is 5.12. The normalized spacial score (nSPS) is 17.4. The van der Waals surface area contributed by atoms with Crippen molar-refractivity contribution in [3.05, 3.63) is 71.8 Å². The summed E-state index contributed by atoms with van der Waals surface area (Å²) in [6.07, 6.45) is 1.40. The average molecular weight is 367 g/mol. The van der Waals surface area contributed by atoms with Crippen molar-refractivity contribution in [3.63, 3.8) is 0 Å². The van der Waals surface area contributed by atoms with Gasteiger partial charge in [0.1, 0.15) is 0 Å². The maximum absolute atomic E-state index is 13.5. The van der Waals surface area contributed by atoms with Crippen LogP contribution in [-0.4, -0.2) is 41.6 Å². The number of piperidine rings is 1. The van der Waals surface area contributed by atoms with Gasteiger partial charge < -0.3 is 14.7 Å². The number of rotatable bonds is 5. The van der Waals surface area contributed by atoms with E-state index < -0.39 is 11.5 Å². The quantitative estimate of drug-likeness (QED) is 0.825. The minimum atomic E-state index is -1.79. The molecule has 0 saturated carbocycles. The third-order valence-corrected chi connectivity index (χ3v) is 5.02. The van der Waals surface area contributed by atoms with Gasteiger partial charge in [-0.1, -0.05) is 60.7 Å². The van der Waals surface area contributed by atoms with Gasteiger partial charge in [-0.25, -0.2) is 0 Å². The van der Waals surface area contributed by atoms with E-state index >= 15 is 0 Å². The number of ether oxygens (including phenoxy) is 1. The molecule has 1 heterocycles. The van der Waals surface area contributed by atoms with Crippen molar-refractivity contribution in [1.82, 2.24) is 4.90 Å². The largest absolute Gasteiger partial charge is 0.466 e. The third kappa shape index (κ3) is 3.88. The van der Waals surface area contributed by atoms with E-state index in [4.69, 9.17) is 4.74 Å². The monoisotopic (exact) mass is 367 g/mol. The fourth-order valence-corrected chi connectivity index (χ4v) is 3.62. The van der Waals surface area contributed by atoms with Crippen molar-refractivity contribution in [3.8, 4) is 0 Å². The van der Waals surface area contributed by atoms with Gasteiger partial charge in [0.15, 0.2) is 5.60 Å². The highest BCUT2D eigenvalue weighted by Gasteiger charge is 2.44. The van der Waals surface area contributed by atoms with Crippen LogP contribution in [0, 0.1) is 5.92 Å². The Hall–Kier alpha value is -2.66. The molecule has 1 amide bonds. The van der Waals surface area contributed by atoms with Gasteiger partial charge in [0.05, 0.1) is 12.5 Å². The minimum absolute atomic E-state index is 0.264. The molecule has 1 atom stereocenters. The number of aliphatic hydroxyl groups is 1. The van der Waals surface area contributed by atoms with E-state index in [9.17, 15) is 14.7 Å². The number of carbonyl (C=O) groups is 2. The second-order valence-electron chi connectivity index (χ2n) is 6.78. The highest BCUT2D eigenvalue weighted by molar-refractivity contribution is 5.90. The maximum atomic E-state index is 13.5. The third-order valence-electron chi connectivity index (χ3n) is 5.02. The zero-order chi connectivity index (χ0) is 19.3. The zero-order valence-electron chi connectivity index (χ0n) is 15.5. The molecule has 5 heteroatoms. The van der Waals surface area contributed by atoms with E-state index in [1.165, 1.54) is 0 Å². The molecule has 0 aliphatic carbocycles. The van der Waals surface area contributed by atoms with Crippen molar-refractivity contribution >= 4 is 11.9 Å². The summed E-state index contributed by atoms with van der Waals surface area (Å²) >= 11 is 0. The first-order valence-corrected chi connectivity index (χ1v) is 9.36. The second-order valence-corrected chi connectivity index (χ2v) is 6.78. The van der Waals surface area contributed by atoms with Crippen LogP contribution in [0.1, 0.15) is 30.9 Å². The number of nitrogens with zero attached hydrogens (tertiary/aromatic N) is 1. The van der Waals surface area contributed by atoms with Gasteiger partial charge in [0.25, 0.3) is 5.91 Å². The lowest BCUT2D eigenvalue weighted by Gasteiger charge is -2.38. The first kappa shape index (κ1) is 19.1. The molecule has 27 heavy (non-hydrogen) atoms. The molecule has 1 N–H and O–H groups in total. The smallest absolute Gasteiger partial charge is 0.310 e. The summed E-state index contributed by atoms with van der Waals surface area (Å²) in [7, 11) is 0. The second kappa shape index (κ2) is 8.35. The Balaban J connectivity index is 1.93. The number of hydrogen-bond acceptors (Lipinski definition) is 4. The van der Waals surface area contributed by atoms with Crippen LogP contribution < -0.4 is 0 Å². The lowest BCUT2D eigenvalue weighted by atomic mass is 9.84. The van der Waals surface area contributed by atoms with E-state index in [-0.39, 0.29) is 18.4 Å². The van der Waals surface area contributed by atoms with Crippen molar-refractivity contribution in [2.75, 3.05) is 19.7 Å². The molecule has 142 valence electrons. The molecule has 2 aromatic rings.